The normalized spacial score (nSPS) is 11.3. The summed E-state index contributed by atoms with van der Waals surface area (Å²) in [6.07, 6.45) is 1.14. The minimum Gasteiger partial charge on any atom is -0.378 e. The number of hydrogen-bond donors (Lipinski definition) is 2. The second-order valence-electron chi connectivity index (χ2n) is 6.88. The SMILES string of the molecule is CC(=O)Nc1ccc(S(=O)(=O)Oc2ccccc2/C=C(\C#N)C(=O)Nc2ccccc2F)cc1. The minimum absolute atomic E-state index is 0.108. The van der Waals surface area contributed by atoms with Gasteiger partial charge in [-0.25, -0.2) is 4.39 Å². The molecule has 0 atom stereocenters. The van der Waals surface area contributed by atoms with Crippen LogP contribution in [0.25, 0.3) is 6.08 Å². The van der Waals surface area contributed by atoms with E-state index >= 15 is 0 Å². The van der Waals surface area contributed by atoms with E-state index in [0.717, 1.165) is 12.1 Å². The first-order chi connectivity index (χ1) is 16.2. The molecule has 2 amide bonds. The van der Waals surface area contributed by atoms with Crippen molar-refractivity contribution in [1.82, 2.24) is 0 Å². The van der Waals surface area contributed by atoms with E-state index in [1.807, 2.05) is 0 Å². The lowest BCUT2D eigenvalue weighted by Gasteiger charge is -2.11. The van der Waals surface area contributed by atoms with E-state index in [-0.39, 0.29) is 27.8 Å². The van der Waals surface area contributed by atoms with Gasteiger partial charge < -0.3 is 14.8 Å². The quantitative estimate of drug-likeness (QED) is 0.299. The summed E-state index contributed by atoms with van der Waals surface area (Å²) in [4.78, 5) is 23.4. The van der Waals surface area contributed by atoms with E-state index in [0.29, 0.717) is 5.69 Å². The van der Waals surface area contributed by atoms with Gasteiger partial charge in [-0.15, -0.1) is 0 Å². The van der Waals surface area contributed by atoms with Crippen molar-refractivity contribution in [2.24, 2.45) is 0 Å². The Hall–Kier alpha value is -4.49. The van der Waals surface area contributed by atoms with Gasteiger partial charge in [0.15, 0.2) is 0 Å². The highest BCUT2D eigenvalue weighted by Crippen LogP contribution is 2.26. The Morgan fingerprint density at radius 3 is 2.26 bits per heavy atom. The average molecular weight is 479 g/mol. The van der Waals surface area contributed by atoms with Gasteiger partial charge in [-0.2, -0.15) is 13.7 Å². The third-order valence-electron chi connectivity index (χ3n) is 4.37. The van der Waals surface area contributed by atoms with E-state index < -0.39 is 27.4 Å². The molecule has 3 rings (SSSR count). The zero-order valence-corrected chi connectivity index (χ0v) is 18.6. The first-order valence-corrected chi connectivity index (χ1v) is 11.2. The molecular weight excluding hydrogens is 461 g/mol. The molecule has 0 heterocycles. The monoisotopic (exact) mass is 479 g/mol. The van der Waals surface area contributed by atoms with Gasteiger partial charge in [0, 0.05) is 18.2 Å². The van der Waals surface area contributed by atoms with Crippen LogP contribution >= 0.6 is 0 Å². The highest BCUT2D eigenvalue weighted by Gasteiger charge is 2.19. The van der Waals surface area contributed by atoms with Gasteiger partial charge in [-0.05, 0) is 48.5 Å². The molecule has 10 heteroatoms. The highest BCUT2D eigenvalue weighted by molar-refractivity contribution is 7.87. The molecule has 0 aliphatic carbocycles. The maximum Gasteiger partial charge on any atom is 0.339 e. The molecule has 34 heavy (non-hydrogen) atoms. The molecule has 0 aromatic heterocycles. The first kappa shape index (κ1) is 24.2. The van der Waals surface area contributed by atoms with Gasteiger partial charge in [0.2, 0.25) is 5.91 Å². The molecule has 0 aliphatic rings. The number of carbonyl (C=O) groups excluding carboxylic acids is 2. The standard InChI is InChI=1S/C24H18FN3O5S/c1-16(29)27-19-10-12-20(13-11-19)34(31,32)33-23-9-5-2-6-17(23)14-18(15-26)24(30)28-22-8-4-3-7-21(22)25/h2-14H,1H3,(H,27,29)(H,28,30)/b18-14+. The van der Waals surface area contributed by atoms with Gasteiger partial charge in [0.05, 0.1) is 5.69 Å². The van der Waals surface area contributed by atoms with Gasteiger partial charge in [-0.3, -0.25) is 9.59 Å². The first-order valence-electron chi connectivity index (χ1n) is 9.78. The molecule has 0 saturated heterocycles. The predicted molar refractivity (Wildman–Crippen MR) is 124 cm³/mol. The van der Waals surface area contributed by atoms with Crippen LogP contribution in [0.5, 0.6) is 5.75 Å². The van der Waals surface area contributed by atoms with E-state index in [2.05, 4.69) is 10.6 Å². The fraction of sp³-hybridized carbons (Fsp3) is 0.0417. The molecule has 172 valence electrons. The third-order valence-corrected chi connectivity index (χ3v) is 5.62. The number of rotatable bonds is 7. The second kappa shape index (κ2) is 10.4. The number of nitriles is 1. The number of hydrogen-bond acceptors (Lipinski definition) is 6. The average Bonchev–Trinajstić information content (AvgIpc) is 2.79. The van der Waals surface area contributed by atoms with Crippen molar-refractivity contribution in [3.05, 3.63) is 89.8 Å². The van der Waals surface area contributed by atoms with E-state index in [1.54, 1.807) is 12.1 Å². The molecule has 0 fully saturated rings. The predicted octanol–water partition coefficient (Wildman–Crippen LogP) is 4.10. The van der Waals surface area contributed by atoms with Crippen LogP contribution < -0.4 is 14.8 Å². The number of nitrogens with one attached hydrogen (secondary N) is 2. The lowest BCUT2D eigenvalue weighted by atomic mass is 10.1. The smallest absolute Gasteiger partial charge is 0.339 e. The molecule has 0 aliphatic heterocycles. The number of carbonyl (C=O) groups is 2. The summed E-state index contributed by atoms with van der Waals surface area (Å²) in [7, 11) is -4.27. The Kier molecular flexibility index (Phi) is 7.40. The van der Waals surface area contributed by atoms with Crippen LogP contribution in [0.3, 0.4) is 0 Å². The van der Waals surface area contributed by atoms with Crippen molar-refractivity contribution >= 4 is 39.4 Å². The van der Waals surface area contributed by atoms with E-state index in [4.69, 9.17) is 4.18 Å². The van der Waals surface area contributed by atoms with Crippen LogP contribution in [0.2, 0.25) is 0 Å². The Morgan fingerprint density at radius 2 is 1.62 bits per heavy atom. The van der Waals surface area contributed by atoms with E-state index in [1.165, 1.54) is 67.6 Å². The maximum absolute atomic E-state index is 13.8. The van der Waals surface area contributed by atoms with Crippen molar-refractivity contribution in [2.75, 3.05) is 10.6 Å². The summed E-state index contributed by atoms with van der Waals surface area (Å²) in [6.45, 7) is 1.32. The van der Waals surface area contributed by atoms with Crippen LogP contribution in [0, 0.1) is 17.1 Å². The second-order valence-corrected chi connectivity index (χ2v) is 8.43. The van der Waals surface area contributed by atoms with E-state index in [9.17, 15) is 27.7 Å². The summed E-state index contributed by atoms with van der Waals surface area (Å²) in [6, 6.07) is 18.4. The van der Waals surface area contributed by atoms with Gasteiger partial charge >= 0.3 is 10.1 Å². The number of amides is 2. The molecule has 0 unspecified atom stereocenters. The van der Waals surface area contributed by atoms with Gasteiger partial charge in [-0.1, -0.05) is 30.3 Å². The molecular formula is C24H18FN3O5S. The summed E-state index contributed by atoms with van der Waals surface area (Å²) >= 11 is 0. The Labute approximate surface area is 195 Å². The van der Waals surface area contributed by atoms with Crippen LogP contribution in [-0.2, 0) is 19.7 Å². The summed E-state index contributed by atoms with van der Waals surface area (Å²) in [5.41, 5.74) is 0.0512. The van der Waals surface area contributed by atoms with Crippen molar-refractivity contribution < 1.29 is 26.6 Å². The van der Waals surface area contributed by atoms with Gasteiger partial charge in [0.1, 0.15) is 28.1 Å². The number of halogens is 1. The van der Waals surface area contributed by atoms with Crippen molar-refractivity contribution in [1.29, 1.82) is 5.26 Å². The van der Waals surface area contributed by atoms with Crippen LogP contribution in [0.4, 0.5) is 15.8 Å². The van der Waals surface area contributed by atoms with Crippen LogP contribution in [-0.4, -0.2) is 20.2 Å². The molecule has 0 saturated carbocycles. The number of para-hydroxylation sites is 2. The fourth-order valence-corrected chi connectivity index (χ4v) is 3.76. The Bertz CT molecular complexity index is 1410. The fourth-order valence-electron chi connectivity index (χ4n) is 2.81. The Morgan fingerprint density at radius 1 is 0.971 bits per heavy atom. The highest BCUT2D eigenvalue weighted by atomic mass is 32.2. The molecule has 3 aromatic carbocycles. The van der Waals surface area contributed by atoms with Gasteiger partial charge in [0.25, 0.3) is 5.91 Å². The Balaban J connectivity index is 1.86. The summed E-state index contributed by atoms with van der Waals surface area (Å²) < 4.78 is 44.5. The molecule has 0 radical (unpaired) electrons. The van der Waals surface area contributed by atoms with Crippen molar-refractivity contribution in [2.45, 2.75) is 11.8 Å². The molecule has 8 nitrogen and oxygen atoms in total. The van der Waals surface area contributed by atoms with Crippen molar-refractivity contribution in [3.8, 4) is 11.8 Å². The topological polar surface area (TPSA) is 125 Å². The maximum atomic E-state index is 13.8. The number of anilines is 2. The summed E-state index contributed by atoms with van der Waals surface area (Å²) in [5, 5.41) is 14.3. The molecule has 0 bridgehead atoms. The lowest BCUT2D eigenvalue weighted by Crippen LogP contribution is -2.14. The summed E-state index contributed by atoms with van der Waals surface area (Å²) in [5.74, 6) is -1.98. The lowest BCUT2D eigenvalue weighted by molar-refractivity contribution is -0.114. The van der Waals surface area contributed by atoms with Crippen molar-refractivity contribution in [3.63, 3.8) is 0 Å². The largest absolute Gasteiger partial charge is 0.378 e. The minimum atomic E-state index is -4.27. The zero-order chi connectivity index (χ0) is 24.7. The molecule has 0 spiro atoms. The molecule has 3 aromatic rings. The zero-order valence-electron chi connectivity index (χ0n) is 17.8. The van der Waals surface area contributed by atoms with Crippen LogP contribution in [0.15, 0.2) is 83.3 Å². The van der Waals surface area contributed by atoms with Crippen LogP contribution in [0.1, 0.15) is 12.5 Å². The number of nitrogens with zero attached hydrogens (tertiary/aromatic N) is 1. The third kappa shape index (κ3) is 6.05. The number of benzene rings is 3. The molecule has 2 N–H and O–H groups in total.